The monoisotopic (exact) mass is 407 g/mol. The minimum absolute atomic E-state index is 0.285. The Labute approximate surface area is 176 Å². The van der Waals surface area contributed by atoms with Crippen LogP contribution in [0.4, 0.5) is 5.69 Å². The number of hydrogen-bond acceptors (Lipinski definition) is 5. The van der Waals surface area contributed by atoms with Gasteiger partial charge in [0.15, 0.2) is 11.5 Å². The topological polar surface area (TPSA) is 66.0 Å². The molecule has 0 unspecified atom stereocenters. The van der Waals surface area contributed by atoms with Crippen molar-refractivity contribution in [2.24, 2.45) is 0 Å². The number of rotatable bonds is 9. The molecule has 0 spiro atoms. The Morgan fingerprint density at radius 1 is 0.833 bits per heavy atom. The molecule has 0 aliphatic heterocycles. The van der Waals surface area contributed by atoms with Crippen LogP contribution in [0.15, 0.2) is 66.7 Å². The average Bonchev–Trinajstić information content (AvgIpc) is 2.79. The molecule has 0 radical (unpaired) electrons. The fourth-order valence-corrected chi connectivity index (χ4v) is 2.98. The molecule has 0 aliphatic rings. The van der Waals surface area contributed by atoms with Gasteiger partial charge in [0.2, 0.25) is 5.75 Å². The Morgan fingerprint density at radius 2 is 1.47 bits per heavy atom. The summed E-state index contributed by atoms with van der Waals surface area (Å²) in [6, 6.07) is 20.6. The zero-order valence-corrected chi connectivity index (χ0v) is 17.3. The van der Waals surface area contributed by atoms with Gasteiger partial charge in [-0.05, 0) is 42.0 Å². The van der Waals surface area contributed by atoms with Crippen molar-refractivity contribution in [2.45, 2.75) is 6.42 Å². The summed E-state index contributed by atoms with van der Waals surface area (Å²) in [5, 5.41) is 2.86. The Balaban J connectivity index is 1.61. The van der Waals surface area contributed by atoms with Gasteiger partial charge >= 0.3 is 0 Å². The third kappa shape index (κ3) is 5.23. The molecule has 3 rings (SSSR count). The first-order valence-corrected chi connectivity index (χ1v) is 9.52. The van der Waals surface area contributed by atoms with Crippen LogP contribution in [0, 0.1) is 0 Å². The van der Waals surface area contributed by atoms with Crippen molar-refractivity contribution in [1.29, 1.82) is 0 Å². The lowest BCUT2D eigenvalue weighted by Crippen LogP contribution is -2.12. The maximum absolute atomic E-state index is 12.7. The van der Waals surface area contributed by atoms with Crippen LogP contribution >= 0.6 is 0 Å². The quantitative estimate of drug-likeness (QED) is 0.562. The Kier molecular flexibility index (Phi) is 7.16. The summed E-state index contributed by atoms with van der Waals surface area (Å²) < 4.78 is 21.7. The molecule has 0 aromatic heterocycles. The van der Waals surface area contributed by atoms with E-state index in [9.17, 15) is 4.79 Å². The molecule has 3 aromatic rings. The summed E-state index contributed by atoms with van der Waals surface area (Å²) in [5.41, 5.74) is 2.28. The Hall–Kier alpha value is -3.67. The smallest absolute Gasteiger partial charge is 0.255 e. The second-order valence-corrected chi connectivity index (χ2v) is 6.48. The van der Waals surface area contributed by atoms with Crippen LogP contribution in [-0.2, 0) is 6.42 Å². The maximum atomic E-state index is 12.7. The van der Waals surface area contributed by atoms with Gasteiger partial charge in [0, 0.05) is 17.7 Å². The number of carbonyl (C=O) groups excluding carboxylic acids is 1. The lowest BCUT2D eigenvalue weighted by Gasteiger charge is -2.14. The number of hydrogen-bond donors (Lipinski definition) is 1. The Bertz CT molecular complexity index is 946. The Morgan fingerprint density at radius 3 is 2.03 bits per heavy atom. The minimum atomic E-state index is -0.285. The summed E-state index contributed by atoms with van der Waals surface area (Å²) in [4.78, 5) is 12.7. The number of anilines is 1. The van der Waals surface area contributed by atoms with Gasteiger partial charge in [-0.25, -0.2) is 0 Å². The molecule has 0 bridgehead atoms. The van der Waals surface area contributed by atoms with E-state index < -0.39 is 0 Å². The van der Waals surface area contributed by atoms with Crippen molar-refractivity contribution in [3.63, 3.8) is 0 Å². The zero-order chi connectivity index (χ0) is 21.3. The maximum Gasteiger partial charge on any atom is 0.255 e. The van der Waals surface area contributed by atoms with Crippen molar-refractivity contribution in [3.8, 4) is 23.0 Å². The largest absolute Gasteiger partial charge is 0.493 e. The van der Waals surface area contributed by atoms with Gasteiger partial charge in [0.1, 0.15) is 5.75 Å². The van der Waals surface area contributed by atoms with Gasteiger partial charge in [-0.15, -0.1) is 0 Å². The average molecular weight is 407 g/mol. The highest BCUT2D eigenvalue weighted by Crippen LogP contribution is 2.38. The van der Waals surface area contributed by atoms with E-state index in [-0.39, 0.29) is 5.91 Å². The number of amides is 1. The van der Waals surface area contributed by atoms with Crippen molar-refractivity contribution in [3.05, 3.63) is 77.9 Å². The summed E-state index contributed by atoms with van der Waals surface area (Å²) in [6.45, 7) is 0.584. The molecular weight excluding hydrogens is 382 g/mol. The van der Waals surface area contributed by atoms with E-state index in [4.69, 9.17) is 18.9 Å². The van der Waals surface area contributed by atoms with Crippen LogP contribution in [0.2, 0.25) is 0 Å². The van der Waals surface area contributed by atoms with Crippen molar-refractivity contribution < 1.29 is 23.7 Å². The molecule has 0 heterocycles. The molecule has 0 aliphatic carbocycles. The first-order valence-electron chi connectivity index (χ1n) is 9.52. The van der Waals surface area contributed by atoms with E-state index in [2.05, 4.69) is 17.4 Å². The van der Waals surface area contributed by atoms with Crippen LogP contribution in [0.3, 0.4) is 0 Å². The highest BCUT2D eigenvalue weighted by molar-refractivity contribution is 6.05. The molecule has 30 heavy (non-hydrogen) atoms. The summed E-state index contributed by atoms with van der Waals surface area (Å²) in [6.07, 6.45) is 0.834. The normalized spacial score (nSPS) is 10.2. The molecule has 0 atom stereocenters. The van der Waals surface area contributed by atoms with Crippen molar-refractivity contribution in [2.75, 3.05) is 33.3 Å². The number of ether oxygens (including phenoxy) is 4. The minimum Gasteiger partial charge on any atom is -0.493 e. The highest BCUT2D eigenvalue weighted by atomic mass is 16.5. The molecule has 6 nitrogen and oxygen atoms in total. The zero-order valence-electron chi connectivity index (χ0n) is 17.3. The van der Waals surface area contributed by atoms with Gasteiger partial charge in [-0.1, -0.05) is 30.3 Å². The molecule has 1 amide bonds. The third-order valence-electron chi connectivity index (χ3n) is 4.54. The number of methoxy groups -OCH3 is 3. The standard InChI is InChI=1S/C24H25NO5/c1-27-21-15-18(16-22(28-2)23(21)29-3)24(26)25-19-9-11-20(12-10-19)30-14-13-17-7-5-4-6-8-17/h4-12,15-16H,13-14H2,1-3H3,(H,25,26). The summed E-state index contributed by atoms with van der Waals surface area (Å²) in [7, 11) is 4.54. The van der Waals surface area contributed by atoms with E-state index in [1.807, 2.05) is 30.3 Å². The van der Waals surface area contributed by atoms with Gasteiger partial charge in [0.05, 0.1) is 27.9 Å². The lowest BCUT2D eigenvalue weighted by atomic mass is 10.1. The molecule has 0 saturated carbocycles. The molecule has 156 valence electrons. The SMILES string of the molecule is COc1cc(C(=O)Nc2ccc(OCCc3ccccc3)cc2)cc(OC)c1OC. The summed E-state index contributed by atoms with van der Waals surface area (Å²) >= 11 is 0. The van der Waals surface area contributed by atoms with Crippen LogP contribution in [0.1, 0.15) is 15.9 Å². The second-order valence-electron chi connectivity index (χ2n) is 6.48. The fourth-order valence-electron chi connectivity index (χ4n) is 2.98. The second kappa shape index (κ2) is 10.2. The van der Waals surface area contributed by atoms with Crippen molar-refractivity contribution >= 4 is 11.6 Å². The third-order valence-corrected chi connectivity index (χ3v) is 4.54. The van der Waals surface area contributed by atoms with Crippen LogP contribution in [-0.4, -0.2) is 33.8 Å². The number of carbonyl (C=O) groups is 1. The van der Waals surface area contributed by atoms with Gasteiger partial charge in [-0.2, -0.15) is 0 Å². The van der Waals surface area contributed by atoms with Gasteiger partial charge in [-0.3, -0.25) is 4.79 Å². The molecular formula is C24H25NO5. The number of nitrogens with one attached hydrogen (secondary N) is 1. The first-order chi connectivity index (χ1) is 14.6. The number of benzene rings is 3. The van der Waals surface area contributed by atoms with Crippen LogP contribution < -0.4 is 24.3 Å². The lowest BCUT2D eigenvalue weighted by molar-refractivity contribution is 0.102. The van der Waals surface area contributed by atoms with Crippen molar-refractivity contribution in [1.82, 2.24) is 0 Å². The summed E-state index contributed by atoms with van der Waals surface area (Å²) in [5.74, 6) is 1.74. The molecule has 0 fully saturated rings. The van der Waals surface area contributed by atoms with E-state index in [0.29, 0.717) is 35.1 Å². The highest BCUT2D eigenvalue weighted by Gasteiger charge is 2.17. The first kappa shape index (κ1) is 21.0. The van der Waals surface area contributed by atoms with E-state index in [1.165, 1.54) is 26.9 Å². The molecule has 0 saturated heterocycles. The van der Waals surface area contributed by atoms with E-state index in [1.54, 1.807) is 24.3 Å². The predicted molar refractivity (Wildman–Crippen MR) is 116 cm³/mol. The van der Waals surface area contributed by atoms with Gasteiger partial charge < -0.3 is 24.3 Å². The molecule has 1 N–H and O–H groups in total. The fraction of sp³-hybridized carbons (Fsp3) is 0.208. The van der Waals surface area contributed by atoms with E-state index in [0.717, 1.165) is 12.2 Å². The van der Waals surface area contributed by atoms with Gasteiger partial charge in [0.25, 0.3) is 5.91 Å². The van der Waals surface area contributed by atoms with Crippen LogP contribution in [0.5, 0.6) is 23.0 Å². The molecule has 6 heteroatoms. The van der Waals surface area contributed by atoms with Crippen LogP contribution in [0.25, 0.3) is 0 Å². The predicted octanol–water partition coefficient (Wildman–Crippen LogP) is 4.59. The van der Waals surface area contributed by atoms with E-state index >= 15 is 0 Å². The molecule has 3 aromatic carbocycles.